The van der Waals surface area contributed by atoms with Gasteiger partial charge in [-0.25, -0.2) is 0 Å². The lowest BCUT2D eigenvalue weighted by Crippen LogP contribution is -2.60. The van der Waals surface area contributed by atoms with E-state index in [9.17, 15) is 4.79 Å². The predicted octanol–water partition coefficient (Wildman–Crippen LogP) is 4.12. The van der Waals surface area contributed by atoms with Crippen LogP contribution < -0.4 is 5.32 Å². The second-order valence-corrected chi connectivity index (χ2v) is 9.24. The van der Waals surface area contributed by atoms with Crippen molar-refractivity contribution in [3.8, 4) is 0 Å². The molecule has 4 aliphatic carbocycles. The molecular weight excluding hydrogens is 270 g/mol. The largest absolute Gasteiger partial charge is 0.354 e. The fraction of sp³-hybridized carbons (Fsp3) is 0.941. The van der Waals surface area contributed by atoms with Crippen molar-refractivity contribution in [2.45, 2.75) is 71.1 Å². The Morgan fingerprint density at radius 2 is 1.80 bits per heavy atom. The zero-order valence-corrected chi connectivity index (χ0v) is 13.9. The highest BCUT2D eigenvalue weighted by Gasteiger charge is 2.62. The van der Waals surface area contributed by atoms with E-state index in [1.54, 1.807) is 0 Å². The Morgan fingerprint density at radius 1 is 1.20 bits per heavy atom. The second-order valence-electron chi connectivity index (χ2n) is 8.63. The summed E-state index contributed by atoms with van der Waals surface area (Å²) in [6, 6.07) is 0. The summed E-state index contributed by atoms with van der Waals surface area (Å²) >= 11 is 6.16. The molecule has 4 saturated carbocycles. The van der Waals surface area contributed by atoms with Crippen molar-refractivity contribution >= 4 is 17.5 Å². The molecule has 1 N–H and O–H groups in total. The smallest absolute Gasteiger partial charge is 0.226 e. The Morgan fingerprint density at radius 3 is 2.30 bits per heavy atom. The third-order valence-electron chi connectivity index (χ3n) is 6.04. The molecule has 0 aromatic rings. The van der Waals surface area contributed by atoms with Crippen LogP contribution in [-0.4, -0.2) is 17.8 Å². The second kappa shape index (κ2) is 4.63. The van der Waals surface area contributed by atoms with Crippen LogP contribution in [-0.2, 0) is 4.79 Å². The number of hydrogen-bond donors (Lipinski definition) is 1. The van der Waals surface area contributed by atoms with E-state index in [4.69, 9.17) is 11.6 Å². The first-order chi connectivity index (χ1) is 9.28. The van der Waals surface area contributed by atoms with Crippen LogP contribution in [0.3, 0.4) is 0 Å². The lowest BCUT2D eigenvalue weighted by atomic mass is 9.40. The number of halogens is 1. The Labute approximate surface area is 128 Å². The van der Waals surface area contributed by atoms with Crippen LogP contribution in [0.5, 0.6) is 0 Å². The van der Waals surface area contributed by atoms with E-state index in [2.05, 4.69) is 26.1 Å². The fourth-order valence-electron chi connectivity index (χ4n) is 6.24. The number of carbonyl (C=O) groups is 1. The third kappa shape index (κ3) is 2.38. The average molecular weight is 298 g/mol. The summed E-state index contributed by atoms with van der Waals surface area (Å²) < 4.78 is 0. The highest BCUT2D eigenvalue weighted by Crippen LogP contribution is 2.69. The van der Waals surface area contributed by atoms with E-state index in [1.165, 1.54) is 19.3 Å². The van der Waals surface area contributed by atoms with Crippen molar-refractivity contribution in [1.82, 2.24) is 5.32 Å². The van der Waals surface area contributed by atoms with Gasteiger partial charge in [0.25, 0.3) is 0 Å². The van der Waals surface area contributed by atoms with E-state index >= 15 is 0 Å². The van der Waals surface area contributed by atoms with Gasteiger partial charge >= 0.3 is 0 Å². The van der Waals surface area contributed by atoms with E-state index in [-0.39, 0.29) is 16.7 Å². The molecule has 4 bridgehead atoms. The van der Waals surface area contributed by atoms with Crippen LogP contribution in [0.1, 0.15) is 65.7 Å². The summed E-state index contributed by atoms with van der Waals surface area (Å²) in [5.41, 5.74) is 0.709. The van der Waals surface area contributed by atoms with E-state index in [0.717, 1.165) is 31.6 Å². The highest BCUT2D eigenvalue weighted by atomic mass is 35.5. The van der Waals surface area contributed by atoms with Gasteiger partial charge in [-0.05, 0) is 61.7 Å². The van der Waals surface area contributed by atoms with Gasteiger partial charge < -0.3 is 5.32 Å². The maximum atomic E-state index is 12.8. The summed E-state index contributed by atoms with van der Waals surface area (Å²) in [5.74, 6) is 1.06. The SMILES string of the molecule is CCC(Cl)CNC(=O)C12CC3CC(C)(CC(C)(C3)C1)C2. The van der Waals surface area contributed by atoms with Crippen LogP contribution in [0.2, 0.25) is 0 Å². The van der Waals surface area contributed by atoms with Crippen molar-refractivity contribution in [3.63, 3.8) is 0 Å². The minimum atomic E-state index is -0.0900. The molecule has 0 radical (unpaired) electrons. The molecule has 0 saturated heterocycles. The summed E-state index contributed by atoms with van der Waals surface area (Å²) in [4.78, 5) is 12.8. The number of hydrogen-bond acceptors (Lipinski definition) is 1. The van der Waals surface area contributed by atoms with E-state index < -0.39 is 0 Å². The first-order valence-electron chi connectivity index (χ1n) is 8.21. The molecule has 0 aliphatic heterocycles. The van der Waals surface area contributed by atoms with Gasteiger partial charge in [-0.2, -0.15) is 0 Å². The molecule has 1 amide bonds. The number of alkyl halides is 1. The van der Waals surface area contributed by atoms with E-state index in [0.29, 0.717) is 17.4 Å². The van der Waals surface area contributed by atoms with Gasteiger partial charge in [-0.1, -0.05) is 20.8 Å². The van der Waals surface area contributed by atoms with Gasteiger partial charge in [0.1, 0.15) is 0 Å². The van der Waals surface area contributed by atoms with Gasteiger partial charge in [0.15, 0.2) is 0 Å². The van der Waals surface area contributed by atoms with Crippen molar-refractivity contribution in [2.24, 2.45) is 22.2 Å². The van der Waals surface area contributed by atoms with Crippen molar-refractivity contribution in [2.75, 3.05) is 6.54 Å². The number of amides is 1. The molecular formula is C17H28ClNO. The highest BCUT2D eigenvalue weighted by molar-refractivity contribution is 6.20. The van der Waals surface area contributed by atoms with Gasteiger partial charge in [0.05, 0.1) is 10.8 Å². The fourth-order valence-corrected chi connectivity index (χ4v) is 6.31. The lowest BCUT2D eigenvalue weighted by molar-refractivity contribution is -0.170. The maximum Gasteiger partial charge on any atom is 0.226 e. The molecule has 3 heteroatoms. The molecule has 20 heavy (non-hydrogen) atoms. The van der Waals surface area contributed by atoms with Gasteiger partial charge in [-0.3, -0.25) is 4.79 Å². The molecule has 4 rings (SSSR count). The maximum absolute atomic E-state index is 12.8. The number of rotatable bonds is 4. The number of carbonyl (C=O) groups excluding carboxylic acids is 1. The molecule has 0 aromatic carbocycles. The molecule has 0 heterocycles. The van der Waals surface area contributed by atoms with Crippen LogP contribution in [0.25, 0.3) is 0 Å². The Kier molecular flexibility index (Phi) is 3.40. The molecule has 3 unspecified atom stereocenters. The Hall–Kier alpha value is -0.240. The van der Waals surface area contributed by atoms with Crippen LogP contribution in [0.15, 0.2) is 0 Å². The van der Waals surface area contributed by atoms with Gasteiger partial charge in [0, 0.05) is 6.54 Å². The zero-order chi connectivity index (χ0) is 14.6. The van der Waals surface area contributed by atoms with Crippen LogP contribution in [0, 0.1) is 22.2 Å². The van der Waals surface area contributed by atoms with Crippen LogP contribution >= 0.6 is 11.6 Å². The van der Waals surface area contributed by atoms with Gasteiger partial charge in [-0.15, -0.1) is 11.6 Å². The first kappa shape index (κ1) is 14.7. The standard InChI is InChI=1S/C17H28ClNO/c1-4-13(18)8-19-14(20)17-7-12-5-15(2,10-17)9-16(3,6-12)11-17/h12-13H,4-11H2,1-3H3,(H,19,20). The minimum absolute atomic E-state index is 0.0686. The molecule has 3 atom stereocenters. The lowest BCUT2D eigenvalue weighted by Gasteiger charge is -2.64. The summed E-state index contributed by atoms with van der Waals surface area (Å²) in [6.07, 6.45) is 8.21. The zero-order valence-electron chi connectivity index (χ0n) is 13.1. The molecule has 114 valence electrons. The average Bonchev–Trinajstić information content (AvgIpc) is 2.30. The molecule has 4 fully saturated rings. The molecule has 4 aliphatic rings. The Bertz CT molecular complexity index is 403. The first-order valence-corrected chi connectivity index (χ1v) is 8.64. The van der Waals surface area contributed by atoms with Crippen molar-refractivity contribution in [3.05, 3.63) is 0 Å². The normalized spacial score (nSPS) is 47.3. The Balaban J connectivity index is 1.77. The van der Waals surface area contributed by atoms with E-state index in [1.807, 2.05) is 0 Å². The quantitative estimate of drug-likeness (QED) is 0.777. The van der Waals surface area contributed by atoms with Crippen LogP contribution in [0.4, 0.5) is 0 Å². The third-order valence-corrected chi connectivity index (χ3v) is 6.50. The summed E-state index contributed by atoms with van der Waals surface area (Å²) in [7, 11) is 0. The predicted molar refractivity (Wildman–Crippen MR) is 82.8 cm³/mol. The van der Waals surface area contributed by atoms with Crippen molar-refractivity contribution < 1.29 is 4.79 Å². The van der Waals surface area contributed by atoms with Gasteiger partial charge in [0.2, 0.25) is 5.91 Å². The monoisotopic (exact) mass is 297 g/mol. The molecule has 0 aromatic heterocycles. The summed E-state index contributed by atoms with van der Waals surface area (Å²) in [5, 5.41) is 3.22. The molecule has 0 spiro atoms. The molecule has 2 nitrogen and oxygen atoms in total. The topological polar surface area (TPSA) is 29.1 Å². The minimum Gasteiger partial charge on any atom is -0.354 e. The summed E-state index contributed by atoms with van der Waals surface area (Å²) in [6.45, 7) is 7.51. The number of nitrogens with one attached hydrogen (secondary N) is 1. The van der Waals surface area contributed by atoms with Crippen molar-refractivity contribution in [1.29, 1.82) is 0 Å².